The van der Waals surface area contributed by atoms with Gasteiger partial charge in [-0.1, -0.05) is 48.4 Å². The second-order valence-corrected chi connectivity index (χ2v) is 9.25. The molecule has 10 heteroatoms. The molecule has 0 aliphatic carbocycles. The molecule has 0 unspecified atom stereocenters. The summed E-state index contributed by atoms with van der Waals surface area (Å²) in [4.78, 5) is 12.6. The van der Waals surface area contributed by atoms with E-state index in [0.717, 1.165) is 35.6 Å². The number of aryl methyl sites for hydroxylation is 2. The van der Waals surface area contributed by atoms with E-state index in [9.17, 15) is 10.1 Å². The third kappa shape index (κ3) is 7.70. The quantitative estimate of drug-likeness (QED) is 0.179. The standard InChI is InChI=1S/C26H27ClN4O4S/c1-4-5-9-23-30-31-26(36-23)29-25(32)19(16-28)13-18-14-21(27)24(22(15-18)33-3)35-11-10-34-20-8-6-7-17(2)12-20/h6-8,12-15H,4-5,9-11H2,1-3H3,(H,29,31,32)/b19-13-. The fourth-order valence-electron chi connectivity index (χ4n) is 3.18. The minimum atomic E-state index is -0.584. The van der Waals surface area contributed by atoms with Crippen LogP contribution in [0.3, 0.4) is 0 Å². The molecule has 1 heterocycles. The van der Waals surface area contributed by atoms with Crippen LogP contribution < -0.4 is 19.5 Å². The van der Waals surface area contributed by atoms with Gasteiger partial charge in [0.1, 0.15) is 35.6 Å². The summed E-state index contributed by atoms with van der Waals surface area (Å²) >= 11 is 7.73. The number of amides is 1. The number of nitrogens with zero attached hydrogens (tertiary/aromatic N) is 3. The summed E-state index contributed by atoms with van der Waals surface area (Å²) < 4.78 is 16.9. The van der Waals surface area contributed by atoms with Crippen molar-refractivity contribution in [2.45, 2.75) is 33.1 Å². The zero-order valence-corrected chi connectivity index (χ0v) is 21.9. The van der Waals surface area contributed by atoms with Crippen LogP contribution in [0.5, 0.6) is 17.2 Å². The molecule has 0 atom stereocenters. The molecule has 36 heavy (non-hydrogen) atoms. The lowest BCUT2D eigenvalue weighted by molar-refractivity contribution is -0.112. The largest absolute Gasteiger partial charge is 0.493 e. The first-order chi connectivity index (χ1) is 17.4. The molecule has 0 aliphatic rings. The number of ether oxygens (including phenoxy) is 3. The van der Waals surface area contributed by atoms with Gasteiger partial charge in [-0.05, 0) is 54.8 Å². The Kier molecular flexibility index (Phi) is 10.1. The van der Waals surface area contributed by atoms with E-state index >= 15 is 0 Å². The highest BCUT2D eigenvalue weighted by Crippen LogP contribution is 2.37. The van der Waals surface area contributed by atoms with Gasteiger partial charge in [-0.2, -0.15) is 5.26 Å². The van der Waals surface area contributed by atoms with Gasteiger partial charge < -0.3 is 14.2 Å². The average Bonchev–Trinajstić information content (AvgIpc) is 3.31. The molecular weight excluding hydrogens is 500 g/mol. The van der Waals surface area contributed by atoms with E-state index in [0.29, 0.717) is 28.8 Å². The molecule has 0 fully saturated rings. The first-order valence-corrected chi connectivity index (χ1v) is 12.6. The number of hydrogen-bond acceptors (Lipinski definition) is 8. The molecule has 0 bridgehead atoms. The van der Waals surface area contributed by atoms with Crippen LogP contribution in [0.25, 0.3) is 6.08 Å². The number of methoxy groups -OCH3 is 1. The van der Waals surface area contributed by atoms with Crippen LogP contribution in [0.2, 0.25) is 5.02 Å². The lowest BCUT2D eigenvalue weighted by Gasteiger charge is -2.14. The Hall–Kier alpha value is -3.61. The van der Waals surface area contributed by atoms with E-state index in [1.165, 1.54) is 24.5 Å². The molecule has 1 aromatic heterocycles. The molecule has 0 saturated heterocycles. The number of aromatic nitrogens is 2. The van der Waals surface area contributed by atoms with Crippen molar-refractivity contribution in [1.29, 1.82) is 5.26 Å². The van der Waals surface area contributed by atoms with E-state index in [-0.39, 0.29) is 17.2 Å². The van der Waals surface area contributed by atoms with Gasteiger partial charge >= 0.3 is 0 Å². The summed E-state index contributed by atoms with van der Waals surface area (Å²) in [6.07, 6.45) is 4.26. The van der Waals surface area contributed by atoms with E-state index < -0.39 is 5.91 Å². The fourth-order valence-corrected chi connectivity index (χ4v) is 4.23. The molecule has 0 radical (unpaired) electrons. The highest BCUT2D eigenvalue weighted by atomic mass is 35.5. The lowest BCUT2D eigenvalue weighted by Crippen LogP contribution is -2.13. The number of hydrogen-bond donors (Lipinski definition) is 1. The smallest absolute Gasteiger partial charge is 0.268 e. The first-order valence-electron chi connectivity index (χ1n) is 11.4. The molecule has 2 aromatic carbocycles. The first kappa shape index (κ1) is 27.0. The molecule has 3 rings (SSSR count). The maximum Gasteiger partial charge on any atom is 0.268 e. The Labute approximate surface area is 219 Å². The van der Waals surface area contributed by atoms with E-state index in [2.05, 4.69) is 22.4 Å². The zero-order chi connectivity index (χ0) is 25.9. The van der Waals surface area contributed by atoms with Crippen LogP contribution in [-0.2, 0) is 11.2 Å². The SMILES string of the molecule is CCCCc1nnc(NC(=O)/C(C#N)=C\c2cc(Cl)c(OCCOc3cccc(C)c3)c(OC)c2)s1. The maximum atomic E-state index is 12.6. The van der Waals surface area contributed by atoms with Gasteiger partial charge in [0.05, 0.1) is 12.1 Å². The number of benzene rings is 2. The van der Waals surface area contributed by atoms with Crippen molar-refractivity contribution in [3.05, 3.63) is 63.1 Å². The summed E-state index contributed by atoms with van der Waals surface area (Å²) in [5.41, 5.74) is 1.50. The van der Waals surface area contributed by atoms with Gasteiger partial charge in [0, 0.05) is 6.42 Å². The number of carbonyl (C=O) groups is 1. The minimum Gasteiger partial charge on any atom is -0.493 e. The van der Waals surface area contributed by atoms with Gasteiger partial charge in [0.25, 0.3) is 5.91 Å². The third-order valence-electron chi connectivity index (χ3n) is 4.95. The van der Waals surface area contributed by atoms with Crippen molar-refractivity contribution < 1.29 is 19.0 Å². The van der Waals surface area contributed by atoms with Gasteiger partial charge in [-0.25, -0.2) is 0 Å². The Balaban J connectivity index is 1.66. The van der Waals surface area contributed by atoms with Crippen LogP contribution in [0.4, 0.5) is 5.13 Å². The Bertz CT molecular complexity index is 1270. The number of anilines is 1. The molecule has 0 aliphatic heterocycles. The van der Waals surface area contributed by atoms with Crippen LogP contribution in [-0.4, -0.2) is 36.4 Å². The monoisotopic (exact) mass is 526 g/mol. The molecule has 0 saturated carbocycles. The number of rotatable bonds is 12. The maximum absolute atomic E-state index is 12.6. The summed E-state index contributed by atoms with van der Waals surface area (Å²) in [6.45, 7) is 4.64. The second-order valence-electron chi connectivity index (χ2n) is 7.78. The predicted octanol–water partition coefficient (Wildman–Crippen LogP) is 5.85. The van der Waals surface area contributed by atoms with Crippen molar-refractivity contribution in [3.63, 3.8) is 0 Å². The zero-order valence-electron chi connectivity index (χ0n) is 20.3. The lowest BCUT2D eigenvalue weighted by atomic mass is 10.1. The Morgan fingerprint density at radius 2 is 2.03 bits per heavy atom. The van der Waals surface area contributed by atoms with Gasteiger partial charge in [0.2, 0.25) is 5.13 Å². The molecule has 1 amide bonds. The number of carbonyl (C=O) groups excluding carboxylic acids is 1. The molecule has 1 N–H and O–H groups in total. The van der Waals surface area contributed by atoms with Gasteiger partial charge in [-0.3, -0.25) is 10.1 Å². The van der Waals surface area contributed by atoms with Gasteiger partial charge in [-0.15, -0.1) is 10.2 Å². The van der Waals surface area contributed by atoms with E-state index in [4.69, 9.17) is 25.8 Å². The molecular formula is C26H27ClN4O4S. The van der Waals surface area contributed by atoms with Crippen LogP contribution in [0.15, 0.2) is 42.0 Å². The number of nitriles is 1. The predicted molar refractivity (Wildman–Crippen MR) is 141 cm³/mol. The number of nitrogens with one attached hydrogen (secondary N) is 1. The summed E-state index contributed by atoms with van der Waals surface area (Å²) in [5.74, 6) is 0.886. The van der Waals surface area contributed by atoms with Gasteiger partial charge in [0.15, 0.2) is 11.5 Å². The van der Waals surface area contributed by atoms with Crippen LogP contribution in [0, 0.1) is 18.3 Å². The van der Waals surface area contributed by atoms with Crippen molar-refractivity contribution in [2.24, 2.45) is 0 Å². The summed E-state index contributed by atoms with van der Waals surface area (Å²) in [5, 5.41) is 21.7. The Morgan fingerprint density at radius 1 is 1.22 bits per heavy atom. The highest BCUT2D eigenvalue weighted by molar-refractivity contribution is 7.15. The molecule has 3 aromatic rings. The fraction of sp³-hybridized carbons (Fsp3) is 0.308. The van der Waals surface area contributed by atoms with Crippen LogP contribution >= 0.6 is 22.9 Å². The average molecular weight is 527 g/mol. The second kappa shape index (κ2) is 13.5. The number of halogens is 1. The van der Waals surface area contributed by atoms with Crippen molar-refractivity contribution >= 4 is 40.1 Å². The summed E-state index contributed by atoms with van der Waals surface area (Å²) in [6, 6.07) is 12.9. The van der Waals surface area contributed by atoms with Crippen molar-refractivity contribution in [3.8, 4) is 23.3 Å². The number of unbranched alkanes of at least 4 members (excludes halogenated alkanes) is 1. The minimum absolute atomic E-state index is 0.112. The molecule has 8 nitrogen and oxygen atoms in total. The molecule has 0 spiro atoms. The normalized spacial score (nSPS) is 11.0. The van der Waals surface area contributed by atoms with Crippen LogP contribution in [0.1, 0.15) is 35.9 Å². The molecule has 188 valence electrons. The van der Waals surface area contributed by atoms with Crippen molar-refractivity contribution in [1.82, 2.24) is 10.2 Å². The van der Waals surface area contributed by atoms with E-state index in [1.807, 2.05) is 37.3 Å². The highest BCUT2D eigenvalue weighted by Gasteiger charge is 2.16. The topological polar surface area (TPSA) is 106 Å². The van der Waals surface area contributed by atoms with Crippen molar-refractivity contribution in [2.75, 3.05) is 25.6 Å². The van der Waals surface area contributed by atoms with E-state index in [1.54, 1.807) is 12.1 Å². The Morgan fingerprint density at radius 3 is 2.75 bits per heavy atom. The summed E-state index contributed by atoms with van der Waals surface area (Å²) in [7, 11) is 1.48. The third-order valence-corrected chi connectivity index (χ3v) is 6.13.